The van der Waals surface area contributed by atoms with Gasteiger partial charge in [0.1, 0.15) is 5.82 Å². The van der Waals surface area contributed by atoms with Crippen LogP contribution in [0.3, 0.4) is 0 Å². The Balaban J connectivity index is 1.61. The maximum absolute atomic E-state index is 12.4. The maximum Gasteiger partial charge on any atom is 0.338 e. The molecule has 0 radical (unpaired) electrons. The highest BCUT2D eigenvalue weighted by Crippen LogP contribution is 2.16. The van der Waals surface area contributed by atoms with Crippen LogP contribution in [0.1, 0.15) is 36.5 Å². The predicted molar refractivity (Wildman–Crippen MR) is 101 cm³/mol. The Bertz CT molecular complexity index is 996. The monoisotopic (exact) mass is 386 g/mol. The molecule has 2 heterocycles. The first kappa shape index (κ1) is 19.5. The number of aromatic nitrogens is 2. The van der Waals surface area contributed by atoms with Crippen molar-refractivity contribution in [2.75, 3.05) is 13.2 Å². The molecule has 9 nitrogen and oxygen atoms in total. The Hall–Kier alpha value is -3.23. The van der Waals surface area contributed by atoms with E-state index in [0.29, 0.717) is 23.3 Å². The molecule has 1 aliphatic rings. The third-order valence-corrected chi connectivity index (χ3v) is 4.28. The predicted octanol–water partition coefficient (Wildman–Crippen LogP) is 0.140. The summed E-state index contributed by atoms with van der Waals surface area (Å²) in [5.74, 6) is -0.899. The van der Waals surface area contributed by atoms with Crippen molar-refractivity contribution in [2.24, 2.45) is 0 Å². The lowest BCUT2D eigenvalue weighted by molar-refractivity contribution is -0.128. The van der Waals surface area contributed by atoms with Gasteiger partial charge >= 0.3 is 5.97 Å². The van der Waals surface area contributed by atoms with Crippen LogP contribution in [0.2, 0.25) is 0 Å². The Labute approximate surface area is 161 Å². The Morgan fingerprint density at radius 1 is 1.25 bits per heavy atom. The summed E-state index contributed by atoms with van der Waals surface area (Å²) in [6.45, 7) is 3.58. The molecule has 0 aliphatic carbocycles. The zero-order chi connectivity index (χ0) is 20.3. The van der Waals surface area contributed by atoms with E-state index in [9.17, 15) is 19.2 Å². The summed E-state index contributed by atoms with van der Waals surface area (Å²) in [6, 6.07) is 4.48. The molecule has 148 valence electrons. The van der Waals surface area contributed by atoms with E-state index < -0.39 is 18.5 Å². The molecule has 3 rings (SSSR count). The van der Waals surface area contributed by atoms with Crippen LogP contribution in [-0.2, 0) is 27.3 Å². The summed E-state index contributed by atoms with van der Waals surface area (Å²) < 4.78 is 6.63. The first-order valence-corrected chi connectivity index (χ1v) is 9.12. The Morgan fingerprint density at radius 3 is 2.79 bits per heavy atom. The van der Waals surface area contributed by atoms with Gasteiger partial charge in [-0.05, 0) is 38.5 Å². The van der Waals surface area contributed by atoms with Crippen molar-refractivity contribution >= 4 is 28.7 Å². The molecule has 0 atom stereocenters. The lowest BCUT2D eigenvalue weighted by atomic mass is 10.1. The first-order valence-electron chi connectivity index (χ1n) is 9.12. The van der Waals surface area contributed by atoms with Crippen molar-refractivity contribution in [3.63, 3.8) is 0 Å². The van der Waals surface area contributed by atoms with Gasteiger partial charge in [0.25, 0.3) is 11.5 Å². The number of esters is 1. The zero-order valence-corrected chi connectivity index (χ0v) is 15.8. The minimum atomic E-state index is -0.703. The second-order valence-electron chi connectivity index (χ2n) is 6.90. The van der Waals surface area contributed by atoms with Crippen LogP contribution < -0.4 is 16.2 Å². The van der Waals surface area contributed by atoms with E-state index in [1.807, 2.05) is 13.8 Å². The van der Waals surface area contributed by atoms with Crippen LogP contribution in [-0.4, -0.2) is 46.5 Å². The van der Waals surface area contributed by atoms with Gasteiger partial charge in [0.05, 0.1) is 23.0 Å². The van der Waals surface area contributed by atoms with Crippen molar-refractivity contribution in [1.82, 2.24) is 20.2 Å². The summed E-state index contributed by atoms with van der Waals surface area (Å²) in [4.78, 5) is 52.3. The minimum absolute atomic E-state index is 0.0296. The average Bonchev–Trinajstić information content (AvgIpc) is 3.12. The number of ether oxygens (including phenoxy) is 1. The number of fused-ring (bicyclic) bond motifs is 2. The molecule has 1 aliphatic heterocycles. The molecule has 28 heavy (non-hydrogen) atoms. The van der Waals surface area contributed by atoms with E-state index in [0.717, 1.165) is 12.8 Å². The average molecular weight is 386 g/mol. The molecule has 1 aromatic heterocycles. The molecule has 1 aromatic carbocycles. The number of nitrogens with zero attached hydrogens (tertiary/aromatic N) is 2. The normalized spacial score (nSPS) is 12.7. The number of hydrogen-bond acceptors (Lipinski definition) is 6. The summed E-state index contributed by atoms with van der Waals surface area (Å²) >= 11 is 0. The zero-order valence-electron chi connectivity index (χ0n) is 15.8. The van der Waals surface area contributed by atoms with Crippen LogP contribution >= 0.6 is 0 Å². The molecule has 0 bridgehead atoms. The molecule has 2 amide bonds. The molecular weight excluding hydrogens is 364 g/mol. The summed E-state index contributed by atoms with van der Waals surface area (Å²) in [5, 5.41) is 5.45. The smallest absolute Gasteiger partial charge is 0.338 e. The van der Waals surface area contributed by atoms with Gasteiger partial charge in [-0.15, -0.1) is 0 Å². The van der Waals surface area contributed by atoms with Gasteiger partial charge in [-0.1, -0.05) is 0 Å². The molecule has 9 heteroatoms. The Kier molecular flexibility index (Phi) is 5.72. The first-order chi connectivity index (χ1) is 13.3. The largest absolute Gasteiger partial charge is 0.452 e. The Morgan fingerprint density at radius 2 is 2.04 bits per heavy atom. The van der Waals surface area contributed by atoms with E-state index in [4.69, 9.17) is 4.74 Å². The van der Waals surface area contributed by atoms with Gasteiger partial charge in [0, 0.05) is 19.0 Å². The standard InChI is InChI=1S/C19H22N4O5/c1-11(2)21-16(24)9-20-17(25)10-28-19(27)12-5-6-13-14(8-12)22-15-4-3-7-23(15)18(13)26/h5-6,8,11H,3-4,7,9-10H2,1-2H3,(H,20,25)(H,21,24). The van der Waals surface area contributed by atoms with E-state index in [1.54, 1.807) is 10.6 Å². The van der Waals surface area contributed by atoms with Crippen molar-refractivity contribution in [3.05, 3.63) is 39.9 Å². The van der Waals surface area contributed by atoms with Gasteiger partial charge in [0.15, 0.2) is 6.61 Å². The number of nitrogens with one attached hydrogen (secondary N) is 2. The number of rotatable bonds is 6. The van der Waals surface area contributed by atoms with Crippen LogP contribution in [0.4, 0.5) is 0 Å². The van der Waals surface area contributed by atoms with Crippen LogP contribution in [0, 0.1) is 0 Å². The quantitative estimate of drug-likeness (QED) is 0.682. The number of hydrogen-bond donors (Lipinski definition) is 2. The topological polar surface area (TPSA) is 119 Å². The number of benzene rings is 1. The molecule has 0 saturated carbocycles. The van der Waals surface area contributed by atoms with Crippen molar-refractivity contribution in [1.29, 1.82) is 0 Å². The van der Waals surface area contributed by atoms with E-state index in [2.05, 4.69) is 15.6 Å². The maximum atomic E-state index is 12.4. The SMILES string of the molecule is CC(C)NC(=O)CNC(=O)COC(=O)c1ccc2c(=O)n3c(nc2c1)CCC3. The van der Waals surface area contributed by atoms with Gasteiger partial charge in [-0.3, -0.25) is 19.0 Å². The number of aryl methyl sites for hydroxylation is 1. The molecule has 0 saturated heterocycles. The van der Waals surface area contributed by atoms with Crippen molar-refractivity contribution in [3.8, 4) is 0 Å². The van der Waals surface area contributed by atoms with Crippen molar-refractivity contribution in [2.45, 2.75) is 39.3 Å². The lowest BCUT2D eigenvalue weighted by Gasteiger charge is -2.10. The van der Waals surface area contributed by atoms with E-state index >= 15 is 0 Å². The molecular formula is C19H22N4O5. The molecule has 0 fully saturated rings. The highest BCUT2D eigenvalue weighted by Gasteiger charge is 2.18. The number of carbonyl (C=O) groups is 3. The van der Waals surface area contributed by atoms with Crippen LogP contribution in [0.15, 0.2) is 23.0 Å². The summed E-state index contributed by atoms with van der Waals surface area (Å²) in [7, 11) is 0. The fourth-order valence-electron chi connectivity index (χ4n) is 3.03. The second kappa shape index (κ2) is 8.20. The fourth-order valence-corrected chi connectivity index (χ4v) is 3.03. The molecule has 2 aromatic rings. The van der Waals surface area contributed by atoms with Crippen molar-refractivity contribution < 1.29 is 19.1 Å². The third kappa shape index (κ3) is 4.36. The van der Waals surface area contributed by atoms with Gasteiger partial charge in [-0.25, -0.2) is 9.78 Å². The van der Waals surface area contributed by atoms with Crippen LogP contribution in [0.25, 0.3) is 10.9 Å². The third-order valence-electron chi connectivity index (χ3n) is 4.28. The van der Waals surface area contributed by atoms with Gasteiger partial charge in [-0.2, -0.15) is 0 Å². The lowest BCUT2D eigenvalue weighted by Crippen LogP contribution is -2.41. The molecule has 2 N–H and O–H groups in total. The summed E-state index contributed by atoms with van der Waals surface area (Å²) in [6.07, 6.45) is 1.60. The second-order valence-corrected chi connectivity index (χ2v) is 6.90. The number of amides is 2. The van der Waals surface area contributed by atoms with Gasteiger partial charge < -0.3 is 15.4 Å². The van der Waals surface area contributed by atoms with E-state index in [1.165, 1.54) is 12.1 Å². The minimum Gasteiger partial charge on any atom is -0.452 e. The summed E-state index contributed by atoms with van der Waals surface area (Å²) in [5.41, 5.74) is 0.520. The van der Waals surface area contributed by atoms with E-state index in [-0.39, 0.29) is 29.6 Å². The molecule has 0 unspecified atom stereocenters. The highest BCUT2D eigenvalue weighted by atomic mass is 16.5. The highest BCUT2D eigenvalue weighted by molar-refractivity contribution is 5.95. The molecule has 0 spiro atoms. The number of carbonyl (C=O) groups excluding carboxylic acids is 3. The van der Waals surface area contributed by atoms with Crippen LogP contribution in [0.5, 0.6) is 0 Å². The van der Waals surface area contributed by atoms with Gasteiger partial charge in [0.2, 0.25) is 5.91 Å². The fraction of sp³-hybridized carbons (Fsp3) is 0.421.